The number of amides is 1. The molecule has 0 aliphatic carbocycles. The van der Waals surface area contributed by atoms with Crippen LogP contribution in [0.3, 0.4) is 0 Å². The van der Waals surface area contributed by atoms with Crippen molar-refractivity contribution in [2.24, 2.45) is 0 Å². The minimum Gasteiger partial charge on any atom is -0.496 e. The third kappa shape index (κ3) is 5.04. The van der Waals surface area contributed by atoms with Gasteiger partial charge >= 0.3 is 0 Å². The molecule has 0 radical (unpaired) electrons. The fourth-order valence-corrected chi connectivity index (χ4v) is 2.80. The molecule has 0 unspecified atom stereocenters. The van der Waals surface area contributed by atoms with E-state index in [4.69, 9.17) is 4.74 Å². The molecule has 29 heavy (non-hydrogen) atoms. The Bertz CT molecular complexity index is 1010. The van der Waals surface area contributed by atoms with E-state index in [9.17, 15) is 13.6 Å². The van der Waals surface area contributed by atoms with Crippen molar-refractivity contribution in [3.8, 4) is 5.75 Å². The molecule has 0 saturated heterocycles. The zero-order chi connectivity index (χ0) is 20.8. The number of rotatable bonds is 7. The summed E-state index contributed by atoms with van der Waals surface area (Å²) >= 11 is 0. The number of carbonyl (C=O) groups excluding carboxylic acids is 1. The van der Waals surface area contributed by atoms with E-state index in [0.29, 0.717) is 24.6 Å². The number of nitrogens with one attached hydrogen (secondary N) is 2. The molecule has 0 fully saturated rings. The van der Waals surface area contributed by atoms with E-state index < -0.39 is 23.2 Å². The number of aryl methyl sites for hydroxylation is 1. The normalized spacial score (nSPS) is 10.5. The Morgan fingerprint density at radius 1 is 1.07 bits per heavy atom. The van der Waals surface area contributed by atoms with Gasteiger partial charge in [-0.05, 0) is 37.1 Å². The number of ether oxygens (including phenoxy) is 1. The Balaban J connectivity index is 1.70. The van der Waals surface area contributed by atoms with Crippen LogP contribution in [-0.2, 0) is 6.42 Å². The molecule has 3 aromatic rings. The smallest absolute Gasteiger partial charge is 0.274 e. The monoisotopic (exact) mass is 398 g/mol. The lowest BCUT2D eigenvalue weighted by atomic mass is 10.1. The molecular formula is C21H20F2N4O2. The van der Waals surface area contributed by atoms with Gasteiger partial charge in [-0.1, -0.05) is 24.3 Å². The van der Waals surface area contributed by atoms with E-state index in [1.807, 2.05) is 24.3 Å². The van der Waals surface area contributed by atoms with Gasteiger partial charge in [-0.25, -0.2) is 18.7 Å². The van der Waals surface area contributed by atoms with Gasteiger partial charge in [-0.3, -0.25) is 4.79 Å². The number of para-hydroxylation sites is 2. The first-order valence-corrected chi connectivity index (χ1v) is 8.94. The first-order chi connectivity index (χ1) is 14.0. The molecular weight excluding hydrogens is 378 g/mol. The average molecular weight is 398 g/mol. The zero-order valence-corrected chi connectivity index (χ0v) is 16.0. The molecule has 0 spiro atoms. The lowest BCUT2D eigenvalue weighted by molar-refractivity contribution is 0.102. The van der Waals surface area contributed by atoms with Crippen LogP contribution in [0.5, 0.6) is 5.75 Å². The fourth-order valence-electron chi connectivity index (χ4n) is 2.80. The first kappa shape index (κ1) is 20.2. The molecule has 0 aliphatic heterocycles. The maximum atomic E-state index is 13.8. The van der Waals surface area contributed by atoms with E-state index in [-0.39, 0.29) is 5.69 Å². The summed E-state index contributed by atoms with van der Waals surface area (Å²) in [5.41, 5.74) is 0.515. The van der Waals surface area contributed by atoms with Crippen LogP contribution >= 0.6 is 0 Å². The molecule has 150 valence electrons. The number of anilines is 2. The highest BCUT2D eigenvalue weighted by Gasteiger charge is 2.16. The average Bonchev–Trinajstić information content (AvgIpc) is 2.70. The number of halogens is 2. The standard InChI is InChI=1S/C21H20F2N4O2/c1-13-25-17(21(28)27-20-15(22)7-5-8-16(20)23)12-19(26-13)24-11-10-14-6-3-4-9-18(14)29-2/h3-9,12H,10-11H2,1-2H3,(H,27,28)(H,24,25,26). The van der Waals surface area contributed by atoms with E-state index in [1.165, 1.54) is 12.1 Å². The van der Waals surface area contributed by atoms with E-state index in [2.05, 4.69) is 20.6 Å². The number of nitrogens with zero attached hydrogens (tertiary/aromatic N) is 2. The molecule has 3 rings (SSSR count). The largest absolute Gasteiger partial charge is 0.496 e. The van der Waals surface area contributed by atoms with Crippen LogP contribution in [0.2, 0.25) is 0 Å². The molecule has 8 heteroatoms. The molecule has 0 saturated carbocycles. The van der Waals surface area contributed by atoms with E-state index in [0.717, 1.165) is 23.4 Å². The molecule has 6 nitrogen and oxygen atoms in total. The van der Waals surface area contributed by atoms with Crippen LogP contribution in [0.25, 0.3) is 0 Å². The predicted molar refractivity (Wildman–Crippen MR) is 106 cm³/mol. The van der Waals surface area contributed by atoms with Crippen LogP contribution in [0.15, 0.2) is 48.5 Å². The second-order valence-corrected chi connectivity index (χ2v) is 6.23. The molecule has 1 amide bonds. The summed E-state index contributed by atoms with van der Waals surface area (Å²) < 4.78 is 32.9. The zero-order valence-electron chi connectivity index (χ0n) is 16.0. The van der Waals surface area contributed by atoms with Crippen molar-refractivity contribution in [1.82, 2.24) is 9.97 Å². The van der Waals surface area contributed by atoms with Gasteiger partial charge in [0.15, 0.2) is 0 Å². The predicted octanol–water partition coefficient (Wildman–Crippen LogP) is 3.98. The van der Waals surface area contributed by atoms with Gasteiger partial charge in [-0.15, -0.1) is 0 Å². The Morgan fingerprint density at radius 2 is 1.79 bits per heavy atom. The van der Waals surface area contributed by atoms with Crippen LogP contribution in [0.1, 0.15) is 21.9 Å². The summed E-state index contributed by atoms with van der Waals surface area (Å²) in [6.45, 7) is 2.17. The maximum absolute atomic E-state index is 13.8. The van der Waals surface area contributed by atoms with Crippen LogP contribution < -0.4 is 15.4 Å². The summed E-state index contributed by atoms with van der Waals surface area (Å²) in [4.78, 5) is 20.7. The summed E-state index contributed by atoms with van der Waals surface area (Å²) in [7, 11) is 1.61. The quantitative estimate of drug-likeness (QED) is 0.630. The van der Waals surface area contributed by atoms with E-state index in [1.54, 1.807) is 14.0 Å². The minimum absolute atomic E-state index is 0.0000512. The van der Waals surface area contributed by atoms with Gasteiger partial charge < -0.3 is 15.4 Å². The number of benzene rings is 2. The highest BCUT2D eigenvalue weighted by molar-refractivity contribution is 6.03. The second kappa shape index (κ2) is 9.09. The molecule has 0 aliphatic rings. The van der Waals surface area contributed by atoms with Crippen molar-refractivity contribution < 1.29 is 18.3 Å². The van der Waals surface area contributed by atoms with Crippen molar-refractivity contribution in [1.29, 1.82) is 0 Å². The van der Waals surface area contributed by atoms with Gasteiger partial charge in [0.1, 0.15) is 40.4 Å². The lowest BCUT2D eigenvalue weighted by Gasteiger charge is -2.11. The van der Waals surface area contributed by atoms with Crippen molar-refractivity contribution in [3.05, 3.63) is 77.2 Å². The van der Waals surface area contributed by atoms with Crippen molar-refractivity contribution in [2.75, 3.05) is 24.3 Å². The number of hydrogen-bond acceptors (Lipinski definition) is 5. The summed E-state index contributed by atoms with van der Waals surface area (Å²) in [5.74, 6) is -0.871. The van der Waals surface area contributed by atoms with Gasteiger partial charge in [0.25, 0.3) is 5.91 Å². The van der Waals surface area contributed by atoms with Crippen molar-refractivity contribution >= 4 is 17.4 Å². The summed E-state index contributed by atoms with van der Waals surface area (Å²) in [6.07, 6.45) is 0.676. The highest BCUT2D eigenvalue weighted by atomic mass is 19.1. The van der Waals surface area contributed by atoms with Gasteiger partial charge in [0, 0.05) is 12.6 Å². The first-order valence-electron chi connectivity index (χ1n) is 8.94. The Hall–Kier alpha value is -3.55. The van der Waals surface area contributed by atoms with Crippen LogP contribution in [0, 0.1) is 18.6 Å². The molecule has 2 aromatic carbocycles. The fraction of sp³-hybridized carbons (Fsp3) is 0.190. The number of hydrogen-bond donors (Lipinski definition) is 2. The second-order valence-electron chi connectivity index (χ2n) is 6.23. The van der Waals surface area contributed by atoms with Crippen molar-refractivity contribution in [3.63, 3.8) is 0 Å². The summed E-state index contributed by atoms with van der Waals surface area (Å²) in [5, 5.41) is 5.36. The van der Waals surface area contributed by atoms with Crippen LogP contribution in [0.4, 0.5) is 20.3 Å². The van der Waals surface area contributed by atoms with Crippen molar-refractivity contribution in [2.45, 2.75) is 13.3 Å². The minimum atomic E-state index is -0.862. The molecule has 1 heterocycles. The van der Waals surface area contributed by atoms with Crippen LogP contribution in [-0.4, -0.2) is 29.5 Å². The SMILES string of the molecule is COc1ccccc1CCNc1cc(C(=O)Nc2c(F)cccc2F)nc(C)n1. The summed E-state index contributed by atoms with van der Waals surface area (Å²) in [6, 6.07) is 12.5. The number of carbonyl (C=O) groups is 1. The third-order valence-corrected chi connectivity index (χ3v) is 4.16. The number of methoxy groups -OCH3 is 1. The van der Waals surface area contributed by atoms with Gasteiger partial charge in [0.2, 0.25) is 0 Å². The van der Waals surface area contributed by atoms with E-state index >= 15 is 0 Å². The molecule has 2 N–H and O–H groups in total. The Morgan fingerprint density at radius 3 is 2.52 bits per heavy atom. The Kier molecular flexibility index (Phi) is 6.33. The maximum Gasteiger partial charge on any atom is 0.274 e. The molecule has 0 bridgehead atoms. The topological polar surface area (TPSA) is 76.1 Å². The van der Waals surface area contributed by atoms with Gasteiger partial charge in [-0.2, -0.15) is 0 Å². The highest BCUT2D eigenvalue weighted by Crippen LogP contribution is 2.20. The number of aromatic nitrogens is 2. The van der Waals surface area contributed by atoms with Gasteiger partial charge in [0.05, 0.1) is 7.11 Å². The third-order valence-electron chi connectivity index (χ3n) is 4.16. The molecule has 0 atom stereocenters. The Labute approximate surface area is 167 Å². The lowest BCUT2D eigenvalue weighted by Crippen LogP contribution is -2.18. The molecule has 1 aromatic heterocycles.